The van der Waals surface area contributed by atoms with Crippen molar-refractivity contribution in [3.63, 3.8) is 0 Å². The smallest absolute Gasteiger partial charge is 0.257 e. The number of hydrogen-bond donors (Lipinski definition) is 4. The molecule has 2 aliphatic rings. The topological polar surface area (TPSA) is 98.7 Å². The second-order valence-electron chi connectivity index (χ2n) is 7.92. The lowest BCUT2D eigenvalue weighted by Crippen LogP contribution is -2.43. The molecule has 0 unspecified atom stereocenters. The lowest BCUT2D eigenvalue weighted by atomic mass is 9.94. The van der Waals surface area contributed by atoms with Gasteiger partial charge in [-0.15, -0.1) is 0 Å². The van der Waals surface area contributed by atoms with Crippen LogP contribution in [-0.4, -0.2) is 34.1 Å². The number of hydrogen-bond acceptors (Lipinski definition) is 4. The maximum atomic E-state index is 12.9. The molecule has 1 aromatic carbocycles. The van der Waals surface area contributed by atoms with E-state index in [4.69, 9.17) is 0 Å². The van der Waals surface area contributed by atoms with Crippen molar-refractivity contribution in [2.45, 2.75) is 76.3 Å². The summed E-state index contributed by atoms with van der Waals surface area (Å²) in [6.07, 6.45) is 11.9. The Balaban J connectivity index is 1.79. The molecule has 1 aromatic rings. The van der Waals surface area contributed by atoms with E-state index in [1.54, 1.807) is 6.07 Å². The van der Waals surface area contributed by atoms with Crippen LogP contribution >= 0.6 is 0 Å². The third kappa shape index (κ3) is 5.50. The Morgan fingerprint density at radius 2 is 1.29 bits per heavy atom. The minimum Gasteiger partial charge on any atom is -0.504 e. The van der Waals surface area contributed by atoms with Crippen molar-refractivity contribution in [1.29, 1.82) is 0 Å². The maximum absolute atomic E-state index is 12.9. The summed E-state index contributed by atoms with van der Waals surface area (Å²) in [7, 11) is 0. The number of phenols is 2. The summed E-state index contributed by atoms with van der Waals surface area (Å²) in [6, 6.07) is 4.45. The molecule has 6 nitrogen and oxygen atoms in total. The molecule has 2 fully saturated rings. The Kier molecular flexibility index (Phi) is 6.95. The number of benzene rings is 1. The zero-order valence-corrected chi connectivity index (χ0v) is 16.2. The summed E-state index contributed by atoms with van der Waals surface area (Å²) in [5, 5.41) is 25.2. The summed E-state index contributed by atoms with van der Waals surface area (Å²) in [5.74, 6) is -1.29. The van der Waals surface area contributed by atoms with Crippen LogP contribution in [0.3, 0.4) is 0 Å². The molecular weight excluding hydrogens is 356 g/mol. The van der Waals surface area contributed by atoms with Crippen molar-refractivity contribution in [3.05, 3.63) is 29.3 Å². The van der Waals surface area contributed by atoms with Gasteiger partial charge in [0.2, 0.25) is 0 Å². The second-order valence-corrected chi connectivity index (χ2v) is 7.92. The Morgan fingerprint density at radius 3 is 1.75 bits per heavy atom. The van der Waals surface area contributed by atoms with Gasteiger partial charge >= 0.3 is 0 Å². The van der Waals surface area contributed by atoms with Gasteiger partial charge in [-0.1, -0.05) is 44.6 Å². The molecule has 2 saturated carbocycles. The number of aromatic hydroxyl groups is 2. The van der Waals surface area contributed by atoms with E-state index in [0.29, 0.717) is 5.56 Å². The average molecular weight is 386 g/mol. The van der Waals surface area contributed by atoms with Crippen molar-refractivity contribution < 1.29 is 19.8 Å². The van der Waals surface area contributed by atoms with Crippen LogP contribution in [0.2, 0.25) is 0 Å². The van der Waals surface area contributed by atoms with Gasteiger partial charge in [-0.05, 0) is 49.5 Å². The summed E-state index contributed by atoms with van der Waals surface area (Å²) in [5.41, 5.74) is 0.532. The SMILES string of the molecule is O=C(NC1CCCCC1)C(=Cc1ccc(O)c(O)c1)C(=O)NC1CCCCC1. The van der Waals surface area contributed by atoms with Gasteiger partial charge in [-0.25, -0.2) is 0 Å². The highest BCUT2D eigenvalue weighted by Crippen LogP contribution is 2.26. The largest absolute Gasteiger partial charge is 0.504 e. The number of carbonyl (C=O) groups is 2. The first-order chi connectivity index (χ1) is 13.5. The standard InChI is InChI=1S/C22H30N2O4/c25-19-12-11-15(14-20(19)26)13-18(21(27)23-16-7-3-1-4-8-16)22(28)24-17-9-5-2-6-10-17/h11-14,16-17,25-26H,1-10H2,(H,23,27)(H,24,28). The molecule has 0 atom stereocenters. The Morgan fingerprint density at radius 1 is 0.786 bits per heavy atom. The quantitative estimate of drug-likeness (QED) is 0.270. The van der Waals surface area contributed by atoms with Gasteiger partial charge in [0.25, 0.3) is 11.8 Å². The van der Waals surface area contributed by atoms with Gasteiger partial charge in [0.1, 0.15) is 5.57 Å². The molecule has 0 aliphatic heterocycles. The van der Waals surface area contributed by atoms with Crippen LogP contribution in [0.1, 0.15) is 69.8 Å². The highest BCUT2D eigenvalue weighted by molar-refractivity contribution is 6.21. The van der Waals surface area contributed by atoms with E-state index in [1.807, 2.05) is 0 Å². The Bertz CT molecular complexity index is 698. The molecule has 0 heterocycles. The predicted molar refractivity (Wildman–Crippen MR) is 108 cm³/mol. The van der Waals surface area contributed by atoms with Crippen molar-refractivity contribution in [2.24, 2.45) is 0 Å². The molecule has 4 N–H and O–H groups in total. The van der Waals surface area contributed by atoms with Crippen LogP contribution in [0.4, 0.5) is 0 Å². The molecule has 152 valence electrons. The molecule has 0 bridgehead atoms. The minimum atomic E-state index is -0.382. The molecule has 0 saturated heterocycles. The number of nitrogens with one attached hydrogen (secondary N) is 2. The first kappa shape index (κ1) is 20.2. The van der Waals surface area contributed by atoms with Crippen molar-refractivity contribution in [3.8, 4) is 11.5 Å². The summed E-state index contributed by atoms with van der Waals surface area (Å²) in [4.78, 5) is 25.8. The molecule has 28 heavy (non-hydrogen) atoms. The summed E-state index contributed by atoms with van der Waals surface area (Å²) >= 11 is 0. The molecule has 0 aromatic heterocycles. The molecule has 2 amide bonds. The number of amides is 2. The van der Waals surface area contributed by atoms with Gasteiger partial charge < -0.3 is 20.8 Å². The second kappa shape index (κ2) is 9.62. The third-order valence-electron chi connectivity index (χ3n) is 5.68. The van der Waals surface area contributed by atoms with Crippen LogP contribution in [0.15, 0.2) is 23.8 Å². The Labute approximate surface area is 166 Å². The Hall–Kier alpha value is -2.50. The fourth-order valence-corrected chi connectivity index (χ4v) is 4.05. The molecule has 6 heteroatoms. The highest BCUT2D eigenvalue weighted by atomic mass is 16.3. The normalized spacial score (nSPS) is 18.3. The number of rotatable bonds is 5. The molecule has 0 spiro atoms. The predicted octanol–water partition coefficient (Wildman–Crippen LogP) is 3.38. The van der Waals surface area contributed by atoms with E-state index < -0.39 is 0 Å². The summed E-state index contributed by atoms with van der Waals surface area (Å²) in [6.45, 7) is 0. The van der Waals surface area contributed by atoms with Crippen molar-refractivity contribution >= 4 is 17.9 Å². The van der Waals surface area contributed by atoms with Gasteiger partial charge in [-0.3, -0.25) is 9.59 Å². The molecule has 3 rings (SSSR count). The van der Waals surface area contributed by atoms with Crippen LogP contribution < -0.4 is 10.6 Å². The zero-order chi connectivity index (χ0) is 19.9. The van der Waals surface area contributed by atoms with Crippen molar-refractivity contribution in [2.75, 3.05) is 0 Å². The van der Waals surface area contributed by atoms with Crippen molar-refractivity contribution in [1.82, 2.24) is 10.6 Å². The fraction of sp³-hybridized carbons (Fsp3) is 0.545. The number of phenolic OH excluding ortho intramolecular Hbond substituents is 2. The lowest BCUT2D eigenvalue weighted by molar-refractivity contribution is -0.124. The van der Waals surface area contributed by atoms with Crippen LogP contribution in [0.25, 0.3) is 6.08 Å². The van der Waals surface area contributed by atoms with E-state index in [1.165, 1.54) is 31.1 Å². The van der Waals surface area contributed by atoms with Crippen LogP contribution in [-0.2, 0) is 9.59 Å². The lowest BCUT2D eigenvalue weighted by Gasteiger charge is -2.25. The van der Waals surface area contributed by atoms with E-state index in [9.17, 15) is 19.8 Å². The highest BCUT2D eigenvalue weighted by Gasteiger charge is 2.25. The molecule has 0 radical (unpaired) electrons. The zero-order valence-electron chi connectivity index (χ0n) is 16.2. The summed E-state index contributed by atoms with van der Waals surface area (Å²) < 4.78 is 0. The first-order valence-corrected chi connectivity index (χ1v) is 10.4. The van der Waals surface area contributed by atoms with Gasteiger partial charge in [0.05, 0.1) is 0 Å². The average Bonchev–Trinajstić information content (AvgIpc) is 2.70. The minimum absolute atomic E-state index is 0.0428. The first-order valence-electron chi connectivity index (χ1n) is 10.4. The number of carbonyl (C=O) groups excluding carboxylic acids is 2. The van der Waals surface area contributed by atoms with E-state index in [0.717, 1.165) is 51.4 Å². The molecular formula is C22H30N2O4. The molecule has 2 aliphatic carbocycles. The van der Waals surface area contributed by atoms with E-state index >= 15 is 0 Å². The third-order valence-corrected chi connectivity index (χ3v) is 5.68. The van der Waals surface area contributed by atoms with E-state index in [2.05, 4.69) is 10.6 Å². The van der Waals surface area contributed by atoms with Crippen LogP contribution in [0, 0.1) is 0 Å². The van der Waals surface area contributed by atoms with Gasteiger partial charge in [-0.2, -0.15) is 0 Å². The van der Waals surface area contributed by atoms with Crippen LogP contribution in [0.5, 0.6) is 11.5 Å². The van der Waals surface area contributed by atoms with E-state index in [-0.39, 0.29) is 41.0 Å². The monoisotopic (exact) mass is 386 g/mol. The maximum Gasteiger partial charge on any atom is 0.257 e. The fourth-order valence-electron chi connectivity index (χ4n) is 4.05. The van der Waals surface area contributed by atoms with Gasteiger partial charge in [0, 0.05) is 12.1 Å². The van der Waals surface area contributed by atoms with Gasteiger partial charge in [0.15, 0.2) is 11.5 Å².